The Hall–Kier alpha value is -6.58. The van der Waals surface area contributed by atoms with Crippen LogP contribution in [0.3, 0.4) is 0 Å². The van der Waals surface area contributed by atoms with E-state index in [0.717, 1.165) is 57.0 Å². The van der Waals surface area contributed by atoms with Gasteiger partial charge < -0.3 is 38.2 Å². The molecule has 0 saturated heterocycles. The summed E-state index contributed by atoms with van der Waals surface area (Å²) >= 11 is 0. The molecule has 0 radical (unpaired) electrons. The van der Waals surface area contributed by atoms with E-state index in [9.17, 15) is 9.59 Å². The van der Waals surface area contributed by atoms with Gasteiger partial charge in [0, 0.05) is 99.2 Å². The van der Waals surface area contributed by atoms with E-state index < -0.39 is 11.9 Å². The largest absolute Gasteiger partial charge is 0.493 e. The Morgan fingerprint density at radius 2 is 0.984 bits per heavy atom. The quantitative estimate of drug-likeness (QED) is 0.103. The average Bonchev–Trinajstić information content (AvgIpc) is 3.30. The lowest BCUT2D eigenvalue weighted by Crippen LogP contribution is -2.36. The minimum absolute atomic E-state index is 0.0468. The van der Waals surface area contributed by atoms with Crippen LogP contribution >= 0.6 is 0 Å². The van der Waals surface area contributed by atoms with Crippen molar-refractivity contribution in [3.05, 3.63) is 94.6 Å². The van der Waals surface area contributed by atoms with Gasteiger partial charge in [0.15, 0.2) is 23.0 Å². The fourth-order valence-corrected chi connectivity index (χ4v) is 9.28. The second kappa shape index (κ2) is 19.0. The summed E-state index contributed by atoms with van der Waals surface area (Å²) in [6, 6.07) is 7.85. The van der Waals surface area contributed by atoms with E-state index in [4.69, 9.17) is 38.4 Å². The van der Waals surface area contributed by atoms with Crippen molar-refractivity contribution in [3.63, 3.8) is 0 Å². The predicted molar refractivity (Wildman–Crippen MR) is 242 cm³/mol. The summed E-state index contributed by atoms with van der Waals surface area (Å²) in [7, 11) is 10.8. The second-order valence-corrected chi connectivity index (χ2v) is 16.8. The van der Waals surface area contributed by atoms with Crippen LogP contribution in [-0.2, 0) is 19.1 Å². The SMILES string of the molecule is CCOc1cc2c(cc1OC)C(c1cnc(N(C)C)nc1)=N[C@@H]1CC[C@@H](OC(=O)/C=C/C(=O)O[C@@H]3CC[C@H]4N=C(c5cnc(N(C)C)nc5)c5cc(OC)c(OCC)cc5[C@H]4C3)C[C@H]21. The Kier molecular flexibility index (Phi) is 13.1. The molecule has 2 aliphatic heterocycles. The summed E-state index contributed by atoms with van der Waals surface area (Å²) < 4.78 is 35.4. The molecule has 16 nitrogen and oxygen atoms in total. The van der Waals surface area contributed by atoms with Crippen molar-refractivity contribution >= 4 is 35.3 Å². The van der Waals surface area contributed by atoms with Gasteiger partial charge in [-0.2, -0.15) is 0 Å². The molecule has 336 valence electrons. The normalized spacial score (nSPS) is 22.1. The Labute approximate surface area is 373 Å². The zero-order chi connectivity index (χ0) is 45.1. The lowest BCUT2D eigenvalue weighted by Gasteiger charge is -2.38. The Bertz CT molecular complexity index is 2280. The van der Waals surface area contributed by atoms with Gasteiger partial charge in [-0.15, -0.1) is 0 Å². The molecule has 2 aromatic heterocycles. The van der Waals surface area contributed by atoms with Gasteiger partial charge in [0.05, 0.1) is 50.9 Å². The zero-order valence-corrected chi connectivity index (χ0v) is 37.7. The number of carbonyl (C=O) groups is 2. The van der Waals surface area contributed by atoms with Crippen molar-refractivity contribution in [3.8, 4) is 23.0 Å². The van der Waals surface area contributed by atoms with Gasteiger partial charge >= 0.3 is 11.9 Å². The van der Waals surface area contributed by atoms with E-state index >= 15 is 0 Å². The number of benzene rings is 2. The van der Waals surface area contributed by atoms with Crippen molar-refractivity contribution in [2.75, 3.05) is 65.4 Å². The molecule has 0 N–H and O–H groups in total. The molecule has 2 saturated carbocycles. The fourth-order valence-electron chi connectivity index (χ4n) is 9.28. The maximum atomic E-state index is 13.3. The van der Waals surface area contributed by atoms with E-state index in [-0.39, 0.29) is 36.1 Å². The number of esters is 2. The monoisotopic (exact) mass is 872 g/mol. The minimum atomic E-state index is -0.602. The maximum Gasteiger partial charge on any atom is 0.331 e. The Morgan fingerprint density at radius 1 is 0.594 bits per heavy atom. The topological polar surface area (TPSA) is 172 Å². The van der Waals surface area contributed by atoms with Crippen LogP contribution in [0, 0.1) is 0 Å². The second-order valence-electron chi connectivity index (χ2n) is 16.8. The smallest absolute Gasteiger partial charge is 0.331 e. The highest BCUT2D eigenvalue weighted by Crippen LogP contribution is 2.47. The van der Waals surface area contributed by atoms with Crippen LogP contribution in [0.15, 0.2) is 71.2 Å². The average molecular weight is 873 g/mol. The van der Waals surface area contributed by atoms with Gasteiger partial charge in [0.1, 0.15) is 12.2 Å². The highest BCUT2D eigenvalue weighted by atomic mass is 16.6. The fraction of sp³-hybridized carbons (Fsp3) is 0.458. The highest BCUT2D eigenvalue weighted by Gasteiger charge is 2.41. The van der Waals surface area contributed by atoms with Crippen LogP contribution in [0.2, 0.25) is 0 Å². The molecular weight excluding hydrogens is 817 g/mol. The van der Waals surface area contributed by atoms with Gasteiger partial charge in [-0.3, -0.25) is 9.98 Å². The van der Waals surface area contributed by atoms with E-state index in [1.165, 1.54) is 0 Å². The van der Waals surface area contributed by atoms with E-state index in [2.05, 4.69) is 19.9 Å². The number of nitrogens with zero attached hydrogens (tertiary/aromatic N) is 8. The van der Waals surface area contributed by atoms with Crippen molar-refractivity contribution in [2.24, 2.45) is 9.98 Å². The molecule has 2 aliphatic carbocycles. The molecular formula is C48H56N8O8. The molecule has 6 atom stereocenters. The highest BCUT2D eigenvalue weighted by molar-refractivity contribution is 6.15. The molecule has 64 heavy (non-hydrogen) atoms. The number of aromatic nitrogens is 4. The Balaban J connectivity index is 0.942. The molecule has 4 heterocycles. The molecule has 0 spiro atoms. The van der Waals surface area contributed by atoms with Crippen LogP contribution in [0.4, 0.5) is 11.9 Å². The summed E-state index contributed by atoms with van der Waals surface area (Å²) in [5.41, 5.74) is 7.04. The van der Waals surface area contributed by atoms with Gasteiger partial charge in [-0.05, 0) is 87.8 Å². The first-order valence-corrected chi connectivity index (χ1v) is 21.9. The van der Waals surface area contributed by atoms with Gasteiger partial charge in [0.2, 0.25) is 11.9 Å². The van der Waals surface area contributed by atoms with Gasteiger partial charge in [-0.25, -0.2) is 29.5 Å². The van der Waals surface area contributed by atoms with E-state index in [0.29, 0.717) is 86.6 Å². The summed E-state index contributed by atoms with van der Waals surface area (Å²) in [6.07, 6.45) is 12.4. The van der Waals surface area contributed by atoms with Gasteiger partial charge in [-0.1, -0.05) is 0 Å². The third kappa shape index (κ3) is 9.08. The first kappa shape index (κ1) is 44.0. The summed E-state index contributed by atoms with van der Waals surface area (Å²) in [6.45, 7) is 4.81. The predicted octanol–water partition coefficient (Wildman–Crippen LogP) is 6.27. The summed E-state index contributed by atoms with van der Waals surface area (Å²) in [4.78, 5) is 58.9. The lowest BCUT2D eigenvalue weighted by molar-refractivity contribution is -0.147. The number of aliphatic imine (C=N–C) groups is 2. The van der Waals surface area contributed by atoms with Crippen LogP contribution in [-0.4, -0.2) is 123 Å². The molecule has 2 aromatic carbocycles. The first-order chi connectivity index (χ1) is 31.0. The molecule has 2 fully saturated rings. The molecule has 4 aromatic rings. The third-order valence-corrected chi connectivity index (χ3v) is 12.2. The number of carbonyl (C=O) groups excluding carboxylic acids is 2. The minimum Gasteiger partial charge on any atom is -0.493 e. The number of methoxy groups -OCH3 is 2. The van der Waals surface area contributed by atoms with Crippen LogP contribution < -0.4 is 28.7 Å². The van der Waals surface area contributed by atoms with Crippen LogP contribution in [0.5, 0.6) is 23.0 Å². The molecule has 0 bridgehead atoms. The molecule has 0 amide bonds. The lowest BCUT2D eigenvalue weighted by atomic mass is 9.74. The van der Waals surface area contributed by atoms with Crippen molar-refractivity contribution < 1.29 is 38.0 Å². The molecule has 8 rings (SSSR count). The maximum absolute atomic E-state index is 13.3. The zero-order valence-electron chi connectivity index (χ0n) is 37.7. The molecule has 0 unspecified atom stereocenters. The number of hydrogen-bond acceptors (Lipinski definition) is 16. The summed E-state index contributed by atoms with van der Waals surface area (Å²) in [5.74, 6) is 2.38. The van der Waals surface area contributed by atoms with Crippen molar-refractivity contribution in [1.82, 2.24) is 19.9 Å². The van der Waals surface area contributed by atoms with Crippen molar-refractivity contribution in [1.29, 1.82) is 0 Å². The van der Waals surface area contributed by atoms with Gasteiger partial charge in [0.25, 0.3) is 0 Å². The molecule has 4 aliphatic rings. The van der Waals surface area contributed by atoms with Crippen LogP contribution in [0.1, 0.15) is 97.6 Å². The Morgan fingerprint density at radius 3 is 1.33 bits per heavy atom. The number of hydrogen-bond donors (Lipinski definition) is 0. The summed E-state index contributed by atoms with van der Waals surface area (Å²) in [5, 5.41) is 0. The van der Waals surface area contributed by atoms with E-state index in [1.807, 2.05) is 76.1 Å². The van der Waals surface area contributed by atoms with Crippen LogP contribution in [0.25, 0.3) is 0 Å². The number of ether oxygens (including phenoxy) is 6. The molecule has 16 heteroatoms. The number of anilines is 2. The number of fused-ring (bicyclic) bond motifs is 6. The number of rotatable bonds is 14. The van der Waals surface area contributed by atoms with E-state index in [1.54, 1.807) is 39.0 Å². The third-order valence-electron chi connectivity index (χ3n) is 12.2. The standard InChI is InChI=1S/C48H56N8O8/c1-9-61-41-19-31-33-17-29(11-13-37(33)53-45(35(31)21-39(41)59-7)27-23-49-47(50-24-27)55(3)4)63-43(57)15-16-44(58)64-30-12-14-38-34(18-30)32-20-42(62-10-2)40(60-8)22-36(32)46(54-38)28-25-51-48(52-26-28)56(5)6/h15-16,19-26,29-30,33-34,37-38H,9-14,17-18H2,1-8H3/b16-15+/t29-,30-,33-,34-,37-,38-/m1/s1. The van der Waals surface area contributed by atoms with Crippen molar-refractivity contribution in [2.45, 2.75) is 88.5 Å². The first-order valence-electron chi connectivity index (χ1n) is 21.9.